The zero-order chi connectivity index (χ0) is 14.4. The number of hydrogen-bond donors (Lipinski definition) is 1. The van der Waals surface area contributed by atoms with Gasteiger partial charge in [0.2, 0.25) is 0 Å². The van der Waals surface area contributed by atoms with Gasteiger partial charge in [-0.2, -0.15) is 0 Å². The predicted octanol–water partition coefficient (Wildman–Crippen LogP) is 1.86. The third-order valence-corrected chi connectivity index (χ3v) is 2.64. The van der Waals surface area contributed by atoms with Crippen LogP contribution in [0, 0.1) is 0 Å². The van der Waals surface area contributed by atoms with Crippen LogP contribution in [0.3, 0.4) is 0 Å². The van der Waals surface area contributed by atoms with Gasteiger partial charge in [-0.1, -0.05) is 12.1 Å². The summed E-state index contributed by atoms with van der Waals surface area (Å²) in [5.41, 5.74) is 1.58. The fraction of sp³-hybridized carbons (Fsp3) is 0.357. The van der Waals surface area contributed by atoms with E-state index in [4.69, 9.17) is 9.47 Å². The van der Waals surface area contributed by atoms with E-state index in [0.29, 0.717) is 31.1 Å². The summed E-state index contributed by atoms with van der Waals surface area (Å²) < 4.78 is 9.98. The minimum Gasteiger partial charge on any atom is -0.461 e. The lowest BCUT2D eigenvalue weighted by Crippen LogP contribution is -2.16. The fourth-order valence-electron chi connectivity index (χ4n) is 1.74. The molecule has 106 valence electrons. The molecule has 6 heteroatoms. The normalized spacial score (nSPS) is 10.5. The largest absolute Gasteiger partial charge is 0.461 e. The van der Waals surface area contributed by atoms with Gasteiger partial charge in [-0.05, 0) is 19.1 Å². The molecule has 1 heterocycles. The summed E-state index contributed by atoms with van der Waals surface area (Å²) in [7, 11) is 1.61. The molecule has 0 aliphatic carbocycles. The Balaban J connectivity index is 2.38. The highest BCUT2D eigenvalue weighted by Gasteiger charge is 2.17. The highest BCUT2D eigenvalue weighted by atomic mass is 16.5. The Bertz CT molecular complexity index is 601. The Kier molecular flexibility index (Phi) is 4.84. The van der Waals surface area contributed by atoms with Crippen LogP contribution in [0.5, 0.6) is 0 Å². The molecule has 0 amide bonds. The molecular formula is C14H17N3O3. The molecule has 0 aliphatic heterocycles. The molecule has 0 fully saturated rings. The van der Waals surface area contributed by atoms with Gasteiger partial charge in [-0.25, -0.2) is 14.8 Å². The summed E-state index contributed by atoms with van der Waals surface area (Å²) in [4.78, 5) is 20.7. The summed E-state index contributed by atoms with van der Waals surface area (Å²) in [5.74, 6) is -0.0649. The highest BCUT2D eigenvalue weighted by Crippen LogP contribution is 2.17. The smallest absolute Gasteiger partial charge is 0.360 e. The number of rotatable bonds is 6. The Hall–Kier alpha value is -2.21. The minimum atomic E-state index is -0.481. The lowest BCUT2D eigenvalue weighted by molar-refractivity contribution is 0.0520. The summed E-state index contributed by atoms with van der Waals surface area (Å²) in [6.07, 6.45) is 0. The number of carbonyl (C=O) groups is 1. The van der Waals surface area contributed by atoms with Crippen molar-refractivity contribution in [2.24, 2.45) is 0 Å². The van der Waals surface area contributed by atoms with Crippen molar-refractivity contribution < 1.29 is 14.3 Å². The summed E-state index contributed by atoms with van der Waals surface area (Å²) >= 11 is 0. The first kappa shape index (κ1) is 14.2. The number of ether oxygens (including phenoxy) is 2. The molecule has 0 spiro atoms. The Labute approximate surface area is 117 Å². The Morgan fingerprint density at radius 2 is 1.95 bits per heavy atom. The molecular weight excluding hydrogens is 258 g/mol. The maximum atomic E-state index is 11.9. The van der Waals surface area contributed by atoms with E-state index < -0.39 is 5.97 Å². The molecule has 6 nitrogen and oxygen atoms in total. The van der Waals surface area contributed by atoms with Gasteiger partial charge in [0.15, 0.2) is 11.5 Å². The van der Waals surface area contributed by atoms with E-state index in [0.717, 1.165) is 5.52 Å². The van der Waals surface area contributed by atoms with Crippen molar-refractivity contribution in [2.75, 3.05) is 32.2 Å². The number of methoxy groups -OCH3 is 1. The average Bonchev–Trinajstić information content (AvgIpc) is 2.47. The monoisotopic (exact) mass is 275 g/mol. The minimum absolute atomic E-state index is 0.196. The molecule has 0 aliphatic rings. The summed E-state index contributed by atoms with van der Waals surface area (Å²) in [6, 6.07) is 7.38. The first-order valence-electron chi connectivity index (χ1n) is 6.43. The van der Waals surface area contributed by atoms with Crippen molar-refractivity contribution in [3.63, 3.8) is 0 Å². The van der Waals surface area contributed by atoms with Crippen molar-refractivity contribution in [3.05, 3.63) is 30.0 Å². The van der Waals surface area contributed by atoms with Crippen LogP contribution in [0.4, 0.5) is 5.82 Å². The standard InChI is InChI=1S/C14H17N3O3/c1-3-20-14(18)12-13(15-8-9-19-2)17-11-7-5-4-6-10(11)16-12/h4-7H,3,8-9H2,1-2H3,(H,15,17). The molecule has 0 bridgehead atoms. The van der Waals surface area contributed by atoms with Crippen molar-refractivity contribution in [2.45, 2.75) is 6.92 Å². The van der Waals surface area contributed by atoms with Crippen LogP contribution < -0.4 is 5.32 Å². The molecule has 1 N–H and O–H groups in total. The van der Waals surface area contributed by atoms with Gasteiger partial charge in [-0.3, -0.25) is 0 Å². The van der Waals surface area contributed by atoms with Crippen LogP contribution in [0.25, 0.3) is 11.0 Å². The first-order valence-corrected chi connectivity index (χ1v) is 6.43. The van der Waals surface area contributed by atoms with Gasteiger partial charge >= 0.3 is 5.97 Å². The number of nitrogens with one attached hydrogen (secondary N) is 1. The average molecular weight is 275 g/mol. The SMILES string of the molecule is CCOC(=O)c1nc2ccccc2nc1NCCOC. The van der Waals surface area contributed by atoms with Gasteiger partial charge in [0.25, 0.3) is 0 Å². The fourth-order valence-corrected chi connectivity index (χ4v) is 1.74. The number of nitrogens with zero attached hydrogens (tertiary/aromatic N) is 2. The van der Waals surface area contributed by atoms with Gasteiger partial charge in [-0.15, -0.1) is 0 Å². The molecule has 20 heavy (non-hydrogen) atoms. The van der Waals surface area contributed by atoms with E-state index >= 15 is 0 Å². The van der Waals surface area contributed by atoms with E-state index in [1.165, 1.54) is 0 Å². The lowest BCUT2D eigenvalue weighted by atomic mass is 10.3. The van der Waals surface area contributed by atoms with Crippen LogP contribution in [-0.2, 0) is 9.47 Å². The molecule has 2 aromatic rings. The third kappa shape index (κ3) is 3.21. The second-order valence-electron chi connectivity index (χ2n) is 4.05. The van der Waals surface area contributed by atoms with Crippen LogP contribution >= 0.6 is 0 Å². The van der Waals surface area contributed by atoms with Gasteiger partial charge in [0.05, 0.1) is 24.2 Å². The van der Waals surface area contributed by atoms with E-state index in [1.807, 2.05) is 24.3 Å². The molecule has 0 atom stereocenters. The van der Waals surface area contributed by atoms with E-state index in [-0.39, 0.29) is 5.69 Å². The number of anilines is 1. The van der Waals surface area contributed by atoms with Crippen molar-refractivity contribution in [1.82, 2.24) is 9.97 Å². The van der Waals surface area contributed by atoms with Crippen LogP contribution in [0.15, 0.2) is 24.3 Å². The number of benzene rings is 1. The van der Waals surface area contributed by atoms with Crippen LogP contribution in [0.1, 0.15) is 17.4 Å². The Morgan fingerprint density at radius 3 is 2.60 bits per heavy atom. The number of hydrogen-bond acceptors (Lipinski definition) is 6. The van der Waals surface area contributed by atoms with Crippen LogP contribution in [0.2, 0.25) is 0 Å². The van der Waals surface area contributed by atoms with Gasteiger partial charge in [0.1, 0.15) is 0 Å². The van der Waals surface area contributed by atoms with E-state index in [9.17, 15) is 4.79 Å². The molecule has 1 aromatic heterocycles. The third-order valence-electron chi connectivity index (χ3n) is 2.64. The highest BCUT2D eigenvalue weighted by molar-refractivity contribution is 5.95. The molecule has 1 aromatic carbocycles. The maximum absolute atomic E-state index is 11.9. The van der Waals surface area contributed by atoms with Crippen molar-refractivity contribution in [1.29, 1.82) is 0 Å². The lowest BCUT2D eigenvalue weighted by Gasteiger charge is -2.10. The zero-order valence-electron chi connectivity index (χ0n) is 11.5. The van der Waals surface area contributed by atoms with Crippen molar-refractivity contribution in [3.8, 4) is 0 Å². The van der Waals surface area contributed by atoms with Crippen molar-refractivity contribution >= 4 is 22.8 Å². The van der Waals surface area contributed by atoms with Gasteiger partial charge in [0, 0.05) is 13.7 Å². The predicted molar refractivity (Wildman–Crippen MR) is 75.9 cm³/mol. The summed E-state index contributed by atoms with van der Waals surface area (Å²) in [6.45, 7) is 3.10. The van der Waals surface area contributed by atoms with E-state index in [1.54, 1.807) is 14.0 Å². The van der Waals surface area contributed by atoms with E-state index in [2.05, 4.69) is 15.3 Å². The second kappa shape index (κ2) is 6.81. The number of para-hydroxylation sites is 2. The zero-order valence-corrected chi connectivity index (χ0v) is 11.5. The first-order chi connectivity index (χ1) is 9.76. The number of fused-ring (bicyclic) bond motifs is 1. The number of aromatic nitrogens is 2. The quantitative estimate of drug-likeness (QED) is 0.641. The summed E-state index contributed by atoms with van der Waals surface area (Å²) in [5, 5.41) is 3.05. The van der Waals surface area contributed by atoms with Crippen LogP contribution in [-0.4, -0.2) is 42.8 Å². The second-order valence-corrected chi connectivity index (χ2v) is 4.05. The molecule has 0 radical (unpaired) electrons. The molecule has 0 saturated carbocycles. The topological polar surface area (TPSA) is 73.3 Å². The molecule has 0 unspecified atom stereocenters. The molecule has 0 saturated heterocycles. The Morgan fingerprint density at radius 1 is 1.25 bits per heavy atom. The number of carbonyl (C=O) groups excluding carboxylic acids is 1. The number of esters is 1. The maximum Gasteiger partial charge on any atom is 0.360 e. The molecule has 2 rings (SSSR count). The van der Waals surface area contributed by atoms with Gasteiger partial charge < -0.3 is 14.8 Å².